The van der Waals surface area contributed by atoms with Crippen LogP contribution >= 0.6 is 0 Å². The van der Waals surface area contributed by atoms with Crippen LogP contribution in [0.25, 0.3) is 0 Å². The topological polar surface area (TPSA) is 59.4 Å². The van der Waals surface area contributed by atoms with Crippen LogP contribution < -0.4 is 5.73 Å². The Morgan fingerprint density at radius 2 is 2.36 bits per heavy atom. The van der Waals surface area contributed by atoms with E-state index in [0.717, 1.165) is 0 Å². The molecule has 0 spiro atoms. The van der Waals surface area contributed by atoms with Gasteiger partial charge in [-0.3, -0.25) is 0 Å². The quantitative estimate of drug-likeness (QED) is 0.685. The average molecular weight is 159 g/mol. The van der Waals surface area contributed by atoms with E-state index >= 15 is 0 Å². The highest BCUT2D eigenvalue weighted by atomic mass is 19.1. The fourth-order valence-corrected chi connectivity index (χ4v) is 0.809. The zero-order valence-corrected chi connectivity index (χ0v) is 5.96. The molecule has 1 atom stereocenters. The van der Waals surface area contributed by atoms with E-state index in [1.807, 2.05) is 0 Å². The summed E-state index contributed by atoms with van der Waals surface area (Å²) >= 11 is 0. The van der Waals surface area contributed by atoms with Gasteiger partial charge in [0.2, 0.25) is 0 Å². The fraction of sp³-hybridized carbons (Fsp3) is 0.429. The molecular formula is C7H10FNO2. The van der Waals surface area contributed by atoms with E-state index in [2.05, 4.69) is 4.42 Å². The number of halogens is 1. The Morgan fingerprint density at radius 3 is 2.82 bits per heavy atom. The Labute approximate surface area is 63.6 Å². The van der Waals surface area contributed by atoms with Gasteiger partial charge < -0.3 is 15.3 Å². The highest BCUT2D eigenvalue weighted by Crippen LogP contribution is 2.15. The molecule has 3 nitrogen and oxygen atoms in total. The van der Waals surface area contributed by atoms with Gasteiger partial charge in [-0.2, -0.15) is 4.39 Å². The van der Waals surface area contributed by atoms with Gasteiger partial charge in [0.1, 0.15) is 5.76 Å². The summed E-state index contributed by atoms with van der Waals surface area (Å²) in [5.74, 6) is 0.372. The molecule has 1 aromatic rings. The van der Waals surface area contributed by atoms with Crippen LogP contribution in [-0.2, 0) is 0 Å². The molecule has 1 unspecified atom stereocenters. The summed E-state index contributed by atoms with van der Waals surface area (Å²) in [5.41, 5.74) is 5.50. The molecule has 0 amide bonds. The molecule has 0 aliphatic heterocycles. The van der Waals surface area contributed by atoms with Crippen LogP contribution in [0.3, 0.4) is 0 Å². The molecule has 11 heavy (non-hydrogen) atoms. The molecule has 0 saturated carbocycles. The van der Waals surface area contributed by atoms with Crippen LogP contribution in [0.1, 0.15) is 18.2 Å². The minimum absolute atomic E-state index is 0.0243. The normalized spacial score (nSPS) is 13.4. The van der Waals surface area contributed by atoms with Gasteiger partial charge in [-0.05, 0) is 12.5 Å². The van der Waals surface area contributed by atoms with E-state index in [1.165, 1.54) is 12.1 Å². The maximum atomic E-state index is 12.2. The zero-order chi connectivity index (χ0) is 8.27. The van der Waals surface area contributed by atoms with Crippen molar-refractivity contribution >= 4 is 0 Å². The number of aliphatic hydroxyl groups is 1. The summed E-state index contributed by atoms with van der Waals surface area (Å²) in [7, 11) is 0. The Morgan fingerprint density at radius 1 is 1.64 bits per heavy atom. The van der Waals surface area contributed by atoms with Crippen LogP contribution in [0.15, 0.2) is 16.5 Å². The van der Waals surface area contributed by atoms with E-state index in [-0.39, 0.29) is 6.61 Å². The molecule has 3 N–H and O–H groups in total. The van der Waals surface area contributed by atoms with Crippen molar-refractivity contribution in [2.75, 3.05) is 6.61 Å². The van der Waals surface area contributed by atoms with Gasteiger partial charge in [-0.1, -0.05) is 0 Å². The van der Waals surface area contributed by atoms with Crippen molar-refractivity contribution < 1.29 is 13.9 Å². The van der Waals surface area contributed by atoms with E-state index in [0.29, 0.717) is 12.2 Å². The molecule has 0 aliphatic carbocycles. The number of hydrogen-bond acceptors (Lipinski definition) is 3. The summed E-state index contributed by atoms with van der Waals surface area (Å²) in [4.78, 5) is 0. The molecular weight excluding hydrogens is 149 g/mol. The lowest BCUT2D eigenvalue weighted by Gasteiger charge is -2.04. The second kappa shape index (κ2) is 3.50. The Hall–Kier alpha value is -0.870. The van der Waals surface area contributed by atoms with Crippen molar-refractivity contribution in [3.8, 4) is 0 Å². The third kappa shape index (κ3) is 2.03. The smallest absolute Gasteiger partial charge is 0.277 e. The summed E-state index contributed by atoms with van der Waals surface area (Å²) in [6.45, 7) is -0.0243. The third-order valence-electron chi connectivity index (χ3n) is 1.40. The van der Waals surface area contributed by atoms with Crippen LogP contribution in [0.5, 0.6) is 0 Å². The Balaban J connectivity index is 2.60. The van der Waals surface area contributed by atoms with Gasteiger partial charge in [0.15, 0.2) is 0 Å². The molecule has 0 aromatic carbocycles. The summed E-state index contributed by atoms with van der Waals surface area (Å²) in [6.07, 6.45) is 0.382. The van der Waals surface area contributed by atoms with E-state index in [1.54, 1.807) is 0 Å². The van der Waals surface area contributed by atoms with Crippen molar-refractivity contribution in [3.63, 3.8) is 0 Å². The van der Waals surface area contributed by atoms with Crippen molar-refractivity contribution in [2.45, 2.75) is 12.5 Å². The van der Waals surface area contributed by atoms with Crippen LogP contribution in [0.4, 0.5) is 4.39 Å². The van der Waals surface area contributed by atoms with Gasteiger partial charge >= 0.3 is 0 Å². The number of nitrogens with two attached hydrogens (primary N) is 1. The van der Waals surface area contributed by atoms with Gasteiger partial charge in [0.25, 0.3) is 6.01 Å². The summed E-state index contributed by atoms with van der Waals surface area (Å²) in [5, 5.41) is 8.49. The van der Waals surface area contributed by atoms with Crippen LogP contribution in [-0.4, -0.2) is 11.7 Å². The first-order chi connectivity index (χ1) is 5.24. The Kier molecular flexibility index (Phi) is 2.62. The molecule has 0 bridgehead atoms. The van der Waals surface area contributed by atoms with Gasteiger partial charge in [-0.15, -0.1) is 0 Å². The highest BCUT2D eigenvalue weighted by molar-refractivity contribution is 5.04. The molecule has 4 heteroatoms. The first kappa shape index (κ1) is 8.23. The molecule has 0 aliphatic rings. The highest BCUT2D eigenvalue weighted by Gasteiger charge is 2.09. The maximum absolute atomic E-state index is 12.2. The molecule has 1 rings (SSSR count). The minimum Gasteiger partial charge on any atom is -0.435 e. The second-order valence-corrected chi connectivity index (χ2v) is 2.26. The zero-order valence-electron chi connectivity index (χ0n) is 5.96. The first-order valence-electron chi connectivity index (χ1n) is 3.35. The summed E-state index contributed by atoms with van der Waals surface area (Å²) < 4.78 is 16.8. The lowest BCUT2D eigenvalue weighted by atomic mass is 10.2. The lowest BCUT2D eigenvalue weighted by Crippen LogP contribution is -2.10. The van der Waals surface area contributed by atoms with Crippen LogP contribution in [0.2, 0.25) is 0 Å². The standard InChI is InChI=1S/C7H10FNO2/c8-7-2-1-6(11-7)5(9)3-4-10/h1-2,5,10H,3-4,9H2. The number of furan rings is 1. The third-order valence-corrected chi connectivity index (χ3v) is 1.40. The molecule has 0 fully saturated rings. The fourth-order valence-electron chi connectivity index (χ4n) is 0.809. The van der Waals surface area contributed by atoms with E-state index < -0.39 is 12.1 Å². The molecule has 0 radical (unpaired) electrons. The van der Waals surface area contributed by atoms with Crippen molar-refractivity contribution in [1.82, 2.24) is 0 Å². The minimum atomic E-state index is -0.645. The van der Waals surface area contributed by atoms with Crippen molar-refractivity contribution in [2.24, 2.45) is 5.73 Å². The second-order valence-electron chi connectivity index (χ2n) is 2.26. The van der Waals surface area contributed by atoms with Gasteiger partial charge in [-0.25, -0.2) is 0 Å². The van der Waals surface area contributed by atoms with Gasteiger partial charge in [0, 0.05) is 12.7 Å². The number of aliphatic hydroxyl groups excluding tert-OH is 1. The van der Waals surface area contributed by atoms with Crippen molar-refractivity contribution in [3.05, 3.63) is 23.9 Å². The first-order valence-corrected chi connectivity index (χ1v) is 3.35. The molecule has 0 saturated heterocycles. The largest absolute Gasteiger partial charge is 0.435 e. The van der Waals surface area contributed by atoms with Crippen molar-refractivity contribution in [1.29, 1.82) is 0 Å². The predicted molar refractivity (Wildman–Crippen MR) is 37.3 cm³/mol. The number of rotatable bonds is 3. The van der Waals surface area contributed by atoms with E-state index in [4.69, 9.17) is 10.8 Å². The average Bonchev–Trinajstić information content (AvgIpc) is 2.36. The summed E-state index contributed by atoms with van der Waals surface area (Å²) in [6, 6.07) is 1.61. The lowest BCUT2D eigenvalue weighted by molar-refractivity contribution is 0.259. The molecule has 1 heterocycles. The SMILES string of the molecule is NC(CCO)c1ccc(F)o1. The molecule has 62 valence electrons. The van der Waals surface area contributed by atoms with Gasteiger partial charge in [0.05, 0.1) is 6.04 Å². The Bertz CT molecular complexity index is 224. The maximum Gasteiger partial charge on any atom is 0.277 e. The predicted octanol–water partition coefficient (Wildman–Crippen LogP) is 0.801. The number of hydrogen-bond donors (Lipinski definition) is 2. The monoisotopic (exact) mass is 159 g/mol. The van der Waals surface area contributed by atoms with E-state index in [9.17, 15) is 4.39 Å². The molecule has 1 aromatic heterocycles. The van der Waals surface area contributed by atoms with Crippen LogP contribution in [0, 0.1) is 6.01 Å².